The molecule has 0 aromatic carbocycles. The van der Waals surface area contributed by atoms with E-state index in [4.69, 9.17) is 0 Å². The average Bonchev–Trinajstić information content (AvgIpc) is 2.37. The molecule has 2 rings (SSSR count). The van der Waals surface area contributed by atoms with Crippen molar-refractivity contribution in [3.05, 3.63) is 0 Å². The van der Waals surface area contributed by atoms with Gasteiger partial charge in [-0.1, -0.05) is 13.8 Å². The molecule has 118 valence electrons. The van der Waals surface area contributed by atoms with E-state index in [-0.39, 0.29) is 0 Å². The van der Waals surface area contributed by atoms with Gasteiger partial charge in [-0.15, -0.1) is 0 Å². The van der Waals surface area contributed by atoms with Crippen LogP contribution in [0.1, 0.15) is 47.5 Å². The molecular formula is C17H35N3. The standard InChI is InChI=1S/C17H35N3/c1-13-11-14(2)16(15(12-13)18-6)19-7-9-20(10-8-19)17(3,4)5/h13-16,18H,7-12H2,1-6H3. The first-order valence-electron chi connectivity index (χ1n) is 8.49. The lowest BCUT2D eigenvalue weighted by Gasteiger charge is -2.50. The van der Waals surface area contributed by atoms with Crippen LogP contribution in [0, 0.1) is 11.8 Å². The number of nitrogens with zero attached hydrogens (tertiary/aromatic N) is 2. The minimum atomic E-state index is 0.321. The first kappa shape index (κ1) is 16.3. The van der Waals surface area contributed by atoms with E-state index < -0.39 is 0 Å². The van der Waals surface area contributed by atoms with E-state index in [9.17, 15) is 0 Å². The summed E-state index contributed by atoms with van der Waals surface area (Å²) in [6, 6.07) is 1.41. The minimum absolute atomic E-state index is 0.321. The summed E-state index contributed by atoms with van der Waals surface area (Å²) in [6.07, 6.45) is 2.73. The monoisotopic (exact) mass is 281 g/mol. The molecule has 2 aliphatic rings. The van der Waals surface area contributed by atoms with Gasteiger partial charge in [0.25, 0.3) is 0 Å². The maximum atomic E-state index is 3.60. The molecule has 3 nitrogen and oxygen atoms in total. The van der Waals surface area contributed by atoms with Crippen molar-refractivity contribution < 1.29 is 0 Å². The Morgan fingerprint density at radius 1 is 0.950 bits per heavy atom. The van der Waals surface area contributed by atoms with E-state index in [1.165, 1.54) is 39.0 Å². The van der Waals surface area contributed by atoms with E-state index in [2.05, 4.69) is 56.8 Å². The predicted octanol–water partition coefficient (Wildman–Crippen LogP) is 2.43. The number of hydrogen-bond donors (Lipinski definition) is 1. The van der Waals surface area contributed by atoms with Gasteiger partial charge in [-0.3, -0.25) is 9.80 Å². The third kappa shape index (κ3) is 3.55. The topological polar surface area (TPSA) is 18.5 Å². The second-order valence-electron chi connectivity index (χ2n) is 8.13. The molecule has 0 amide bonds. The van der Waals surface area contributed by atoms with Crippen LogP contribution in [0.15, 0.2) is 0 Å². The molecule has 0 bridgehead atoms. The van der Waals surface area contributed by atoms with Gasteiger partial charge in [0.2, 0.25) is 0 Å². The van der Waals surface area contributed by atoms with Gasteiger partial charge in [-0.2, -0.15) is 0 Å². The highest BCUT2D eigenvalue weighted by Crippen LogP contribution is 2.33. The van der Waals surface area contributed by atoms with Crippen molar-refractivity contribution in [3.8, 4) is 0 Å². The van der Waals surface area contributed by atoms with Crippen LogP contribution in [0.25, 0.3) is 0 Å². The van der Waals surface area contributed by atoms with Gasteiger partial charge in [0.15, 0.2) is 0 Å². The summed E-state index contributed by atoms with van der Waals surface area (Å²) < 4.78 is 0. The highest BCUT2D eigenvalue weighted by atomic mass is 15.3. The van der Waals surface area contributed by atoms with Crippen molar-refractivity contribution in [3.63, 3.8) is 0 Å². The van der Waals surface area contributed by atoms with Crippen molar-refractivity contribution in [1.82, 2.24) is 15.1 Å². The second-order valence-corrected chi connectivity index (χ2v) is 8.13. The van der Waals surface area contributed by atoms with E-state index in [1.807, 2.05) is 0 Å². The lowest BCUT2D eigenvalue weighted by Crippen LogP contribution is -2.62. The van der Waals surface area contributed by atoms with Gasteiger partial charge < -0.3 is 5.32 Å². The maximum absolute atomic E-state index is 3.60. The van der Waals surface area contributed by atoms with Gasteiger partial charge >= 0.3 is 0 Å². The lowest BCUT2D eigenvalue weighted by atomic mass is 9.75. The number of rotatable bonds is 2. The third-order valence-electron chi connectivity index (χ3n) is 5.48. The molecule has 1 N–H and O–H groups in total. The van der Waals surface area contributed by atoms with E-state index >= 15 is 0 Å². The third-order valence-corrected chi connectivity index (χ3v) is 5.48. The Hall–Kier alpha value is -0.120. The molecule has 4 unspecified atom stereocenters. The van der Waals surface area contributed by atoms with Crippen molar-refractivity contribution in [1.29, 1.82) is 0 Å². The van der Waals surface area contributed by atoms with Crippen molar-refractivity contribution >= 4 is 0 Å². The largest absolute Gasteiger partial charge is 0.315 e. The van der Waals surface area contributed by atoms with Crippen LogP contribution in [-0.4, -0.2) is 60.6 Å². The Morgan fingerprint density at radius 3 is 2.05 bits per heavy atom. The normalized spacial score (nSPS) is 38.1. The molecule has 2 fully saturated rings. The van der Waals surface area contributed by atoms with Crippen LogP contribution in [0.5, 0.6) is 0 Å². The summed E-state index contributed by atoms with van der Waals surface area (Å²) in [5.74, 6) is 1.69. The Balaban J connectivity index is 1.98. The molecule has 0 aromatic rings. The van der Waals surface area contributed by atoms with E-state index in [0.29, 0.717) is 11.6 Å². The van der Waals surface area contributed by atoms with Crippen LogP contribution in [0.2, 0.25) is 0 Å². The zero-order valence-electron chi connectivity index (χ0n) is 14.4. The van der Waals surface area contributed by atoms with Crippen LogP contribution in [-0.2, 0) is 0 Å². The highest BCUT2D eigenvalue weighted by Gasteiger charge is 2.38. The number of hydrogen-bond acceptors (Lipinski definition) is 3. The summed E-state index contributed by atoms with van der Waals surface area (Å²) in [4.78, 5) is 5.40. The molecule has 1 aliphatic heterocycles. The number of likely N-dealkylation sites (N-methyl/N-ethyl adjacent to an activating group) is 1. The fourth-order valence-electron chi connectivity index (χ4n) is 4.43. The smallest absolute Gasteiger partial charge is 0.0276 e. The molecular weight excluding hydrogens is 246 g/mol. The Bertz CT molecular complexity index is 302. The first-order chi connectivity index (χ1) is 9.32. The molecule has 1 saturated carbocycles. The fourth-order valence-corrected chi connectivity index (χ4v) is 4.43. The first-order valence-corrected chi connectivity index (χ1v) is 8.49. The molecule has 20 heavy (non-hydrogen) atoms. The average molecular weight is 281 g/mol. The van der Waals surface area contributed by atoms with E-state index in [0.717, 1.165) is 17.9 Å². The molecule has 0 aromatic heterocycles. The van der Waals surface area contributed by atoms with Crippen molar-refractivity contribution in [2.75, 3.05) is 33.2 Å². The van der Waals surface area contributed by atoms with Gasteiger partial charge in [-0.25, -0.2) is 0 Å². The summed E-state index contributed by atoms with van der Waals surface area (Å²) in [5.41, 5.74) is 0.321. The minimum Gasteiger partial charge on any atom is -0.315 e. The quantitative estimate of drug-likeness (QED) is 0.838. The fraction of sp³-hybridized carbons (Fsp3) is 1.00. The van der Waals surface area contributed by atoms with Gasteiger partial charge in [0.1, 0.15) is 0 Å². The summed E-state index contributed by atoms with van der Waals surface area (Å²) in [6.45, 7) is 16.8. The number of piperazine rings is 1. The van der Waals surface area contributed by atoms with E-state index in [1.54, 1.807) is 0 Å². The van der Waals surface area contributed by atoms with Crippen LogP contribution >= 0.6 is 0 Å². The lowest BCUT2D eigenvalue weighted by molar-refractivity contribution is 0.000459. The van der Waals surface area contributed by atoms with Gasteiger partial charge in [0, 0.05) is 43.8 Å². The molecule has 0 radical (unpaired) electrons. The van der Waals surface area contributed by atoms with Gasteiger partial charge in [0.05, 0.1) is 0 Å². The molecule has 3 heteroatoms. The predicted molar refractivity (Wildman–Crippen MR) is 87.1 cm³/mol. The number of nitrogens with one attached hydrogen (secondary N) is 1. The van der Waals surface area contributed by atoms with Gasteiger partial charge in [-0.05, 0) is 52.5 Å². The second kappa shape index (κ2) is 6.33. The highest BCUT2D eigenvalue weighted by molar-refractivity contribution is 4.95. The maximum Gasteiger partial charge on any atom is 0.0276 e. The van der Waals surface area contributed by atoms with Crippen LogP contribution < -0.4 is 5.32 Å². The molecule has 1 saturated heterocycles. The Morgan fingerprint density at radius 2 is 1.55 bits per heavy atom. The molecule has 4 atom stereocenters. The van der Waals surface area contributed by atoms with Crippen LogP contribution in [0.4, 0.5) is 0 Å². The van der Waals surface area contributed by atoms with Crippen LogP contribution in [0.3, 0.4) is 0 Å². The van der Waals surface area contributed by atoms with Crippen molar-refractivity contribution in [2.24, 2.45) is 11.8 Å². The Labute approximate surface area is 126 Å². The zero-order chi connectivity index (χ0) is 14.9. The summed E-state index contributed by atoms with van der Waals surface area (Å²) >= 11 is 0. The molecule has 0 spiro atoms. The molecule has 1 aliphatic carbocycles. The molecule has 1 heterocycles. The Kier molecular flexibility index (Phi) is 5.14. The SMILES string of the molecule is CNC1CC(C)CC(C)C1N1CCN(C(C)(C)C)CC1. The van der Waals surface area contributed by atoms with Crippen molar-refractivity contribution in [2.45, 2.75) is 65.1 Å². The zero-order valence-corrected chi connectivity index (χ0v) is 14.4. The summed E-state index contributed by atoms with van der Waals surface area (Å²) in [5, 5.41) is 3.60. The summed E-state index contributed by atoms with van der Waals surface area (Å²) in [7, 11) is 2.15.